The van der Waals surface area contributed by atoms with Gasteiger partial charge < -0.3 is 5.32 Å². The number of anilines is 1. The summed E-state index contributed by atoms with van der Waals surface area (Å²) >= 11 is 3.21. The molecule has 0 bridgehead atoms. The molecule has 2 rings (SSSR count). The lowest BCUT2D eigenvalue weighted by molar-refractivity contribution is 0.102. The van der Waals surface area contributed by atoms with Gasteiger partial charge in [0.15, 0.2) is 0 Å². The number of halogens is 2. The third kappa shape index (κ3) is 3.10. The van der Waals surface area contributed by atoms with Crippen LogP contribution >= 0.6 is 15.9 Å². The van der Waals surface area contributed by atoms with Crippen LogP contribution in [0.15, 0.2) is 47.1 Å². The fourth-order valence-corrected chi connectivity index (χ4v) is 1.61. The number of carbonyl (C=O) groups is 1. The minimum atomic E-state index is -0.373. The number of rotatable bonds is 2. The fraction of sp³-hybridized carbons (Fsp3) is 0. The molecule has 0 aliphatic heterocycles. The number of nitrogens with zero attached hydrogens (tertiary/aromatic N) is 1. The molecule has 2 aromatic rings. The molecule has 0 saturated carbocycles. The number of nitrogens with one attached hydrogen (secondary N) is 1. The van der Waals surface area contributed by atoms with Gasteiger partial charge in [-0.1, -0.05) is 6.07 Å². The lowest BCUT2D eigenvalue weighted by Gasteiger charge is -2.04. The Morgan fingerprint density at radius 1 is 1.18 bits per heavy atom. The van der Waals surface area contributed by atoms with Gasteiger partial charge in [-0.2, -0.15) is 0 Å². The summed E-state index contributed by atoms with van der Waals surface area (Å²) in [6.45, 7) is 0. The van der Waals surface area contributed by atoms with Gasteiger partial charge in [-0.25, -0.2) is 9.37 Å². The zero-order chi connectivity index (χ0) is 12.3. The van der Waals surface area contributed by atoms with Crippen LogP contribution in [0.4, 0.5) is 10.2 Å². The van der Waals surface area contributed by atoms with Gasteiger partial charge in [-0.3, -0.25) is 4.79 Å². The molecular formula is C12H8BrFN2O. The zero-order valence-electron chi connectivity index (χ0n) is 8.65. The number of hydrogen-bond acceptors (Lipinski definition) is 2. The highest BCUT2D eigenvalue weighted by molar-refractivity contribution is 9.10. The van der Waals surface area contributed by atoms with Crippen molar-refractivity contribution in [1.82, 2.24) is 4.98 Å². The van der Waals surface area contributed by atoms with Crippen LogP contribution in [-0.2, 0) is 0 Å². The van der Waals surface area contributed by atoms with Crippen LogP contribution in [0.5, 0.6) is 0 Å². The van der Waals surface area contributed by atoms with Crippen LogP contribution in [0.1, 0.15) is 10.4 Å². The normalized spacial score (nSPS) is 10.0. The monoisotopic (exact) mass is 294 g/mol. The number of pyridine rings is 1. The molecule has 0 spiro atoms. The Kier molecular flexibility index (Phi) is 3.49. The van der Waals surface area contributed by atoms with Crippen molar-refractivity contribution in [3.05, 3.63) is 58.4 Å². The molecule has 17 heavy (non-hydrogen) atoms. The number of aromatic nitrogens is 1. The summed E-state index contributed by atoms with van der Waals surface area (Å²) in [6, 6.07) is 10.5. The molecule has 1 N–H and O–H groups in total. The van der Waals surface area contributed by atoms with Crippen molar-refractivity contribution in [3.8, 4) is 0 Å². The molecule has 0 unspecified atom stereocenters. The molecular weight excluding hydrogens is 287 g/mol. The average molecular weight is 295 g/mol. The first-order valence-electron chi connectivity index (χ1n) is 4.84. The Bertz CT molecular complexity index is 542. The van der Waals surface area contributed by atoms with Gasteiger partial charge in [0.1, 0.15) is 16.2 Å². The quantitative estimate of drug-likeness (QED) is 0.864. The van der Waals surface area contributed by atoms with Gasteiger partial charge in [0, 0.05) is 5.56 Å². The van der Waals surface area contributed by atoms with Crippen molar-refractivity contribution in [2.24, 2.45) is 0 Å². The maximum absolute atomic E-state index is 12.7. The van der Waals surface area contributed by atoms with E-state index in [1.54, 1.807) is 18.2 Å². The van der Waals surface area contributed by atoms with Crippen LogP contribution in [-0.4, -0.2) is 10.9 Å². The molecule has 0 radical (unpaired) electrons. The first kappa shape index (κ1) is 11.7. The summed E-state index contributed by atoms with van der Waals surface area (Å²) in [5.74, 6) is -0.258. The summed E-state index contributed by atoms with van der Waals surface area (Å²) in [5.41, 5.74) is 0.383. The van der Waals surface area contributed by atoms with Crippen LogP contribution < -0.4 is 5.32 Å². The maximum atomic E-state index is 12.7. The van der Waals surface area contributed by atoms with Crippen LogP contribution in [0, 0.1) is 5.82 Å². The summed E-state index contributed by atoms with van der Waals surface area (Å²) < 4.78 is 13.3. The summed E-state index contributed by atoms with van der Waals surface area (Å²) in [7, 11) is 0. The number of hydrogen-bond donors (Lipinski definition) is 1. The van der Waals surface area contributed by atoms with Gasteiger partial charge in [-0.15, -0.1) is 0 Å². The minimum absolute atomic E-state index is 0.324. The number of benzene rings is 1. The van der Waals surface area contributed by atoms with Crippen molar-refractivity contribution in [1.29, 1.82) is 0 Å². The van der Waals surface area contributed by atoms with E-state index in [4.69, 9.17) is 0 Å². The van der Waals surface area contributed by atoms with E-state index in [2.05, 4.69) is 26.2 Å². The van der Waals surface area contributed by atoms with E-state index in [1.807, 2.05) is 0 Å². The van der Waals surface area contributed by atoms with Crippen molar-refractivity contribution in [2.75, 3.05) is 5.32 Å². The second kappa shape index (κ2) is 5.05. The molecule has 86 valence electrons. The Balaban J connectivity index is 2.14. The van der Waals surface area contributed by atoms with E-state index < -0.39 is 0 Å². The first-order valence-corrected chi connectivity index (χ1v) is 5.64. The van der Waals surface area contributed by atoms with Crippen LogP contribution in [0.3, 0.4) is 0 Å². The van der Waals surface area contributed by atoms with Crippen molar-refractivity contribution < 1.29 is 9.18 Å². The molecule has 3 nitrogen and oxygen atoms in total. The highest BCUT2D eigenvalue weighted by Gasteiger charge is 2.06. The largest absolute Gasteiger partial charge is 0.307 e. The maximum Gasteiger partial charge on any atom is 0.256 e. The lowest BCUT2D eigenvalue weighted by Crippen LogP contribution is -2.12. The SMILES string of the molecule is O=C(Nc1cccc(Br)n1)c1ccc(F)cc1. The van der Waals surface area contributed by atoms with E-state index in [1.165, 1.54) is 24.3 Å². The smallest absolute Gasteiger partial charge is 0.256 e. The van der Waals surface area contributed by atoms with Crippen molar-refractivity contribution >= 4 is 27.7 Å². The van der Waals surface area contributed by atoms with E-state index in [-0.39, 0.29) is 11.7 Å². The van der Waals surface area contributed by atoms with Gasteiger partial charge >= 0.3 is 0 Å². The predicted molar refractivity (Wildman–Crippen MR) is 66.3 cm³/mol. The third-order valence-corrected chi connectivity index (χ3v) is 2.50. The Morgan fingerprint density at radius 3 is 2.53 bits per heavy atom. The van der Waals surface area contributed by atoms with E-state index >= 15 is 0 Å². The third-order valence-electron chi connectivity index (χ3n) is 2.06. The topological polar surface area (TPSA) is 42.0 Å². The van der Waals surface area contributed by atoms with Crippen LogP contribution in [0.2, 0.25) is 0 Å². The summed E-state index contributed by atoms with van der Waals surface area (Å²) in [5, 5.41) is 2.62. The lowest BCUT2D eigenvalue weighted by atomic mass is 10.2. The van der Waals surface area contributed by atoms with Gasteiger partial charge in [0.05, 0.1) is 0 Å². The van der Waals surface area contributed by atoms with Crippen molar-refractivity contribution in [2.45, 2.75) is 0 Å². The molecule has 0 saturated heterocycles. The summed E-state index contributed by atoms with van der Waals surface area (Å²) in [6.07, 6.45) is 0. The van der Waals surface area contributed by atoms with Crippen LogP contribution in [0.25, 0.3) is 0 Å². The highest BCUT2D eigenvalue weighted by atomic mass is 79.9. The molecule has 0 atom stereocenters. The van der Waals surface area contributed by atoms with Crippen molar-refractivity contribution in [3.63, 3.8) is 0 Å². The Morgan fingerprint density at radius 2 is 1.88 bits per heavy atom. The Labute approximate surface area is 106 Å². The Hall–Kier alpha value is -1.75. The highest BCUT2D eigenvalue weighted by Crippen LogP contribution is 2.11. The molecule has 1 amide bonds. The molecule has 0 aliphatic carbocycles. The molecule has 1 heterocycles. The van der Waals surface area contributed by atoms with E-state index in [0.717, 1.165) is 0 Å². The minimum Gasteiger partial charge on any atom is -0.307 e. The first-order chi connectivity index (χ1) is 8.15. The van der Waals surface area contributed by atoms with Gasteiger partial charge in [0.25, 0.3) is 5.91 Å². The molecule has 0 aliphatic rings. The number of amides is 1. The van der Waals surface area contributed by atoms with E-state index in [0.29, 0.717) is 16.0 Å². The molecule has 1 aromatic heterocycles. The zero-order valence-corrected chi connectivity index (χ0v) is 10.2. The average Bonchev–Trinajstić information content (AvgIpc) is 2.29. The fourth-order valence-electron chi connectivity index (χ4n) is 1.27. The number of carbonyl (C=O) groups excluding carboxylic acids is 1. The standard InChI is InChI=1S/C12H8BrFN2O/c13-10-2-1-3-11(15-10)16-12(17)8-4-6-9(14)7-5-8/h1-7H,(H,15,16,17). The second-order valence-electron chi connectivity index (χ2n) is 3.31. The molecule has 0 fully saturated rings. The second-order valence-corrected chi connectivity index (χ2v) is 4.12. The van der Waals surface area contributed by atoms with E-state index in [9.17, 15) is 9.18 Å². The van der Waals surface area contributed by atoms with Gasteiger partial charge in [-0.05, 0) is 52.3 Å². The predicted octanol–water partition coefficient (Wildman–Crippen LogP) is 3.24. The van der Waals surface area contributed by atoms with Gasteiger partial charge in [0.2, 0.25) is 0 Å². The molecule has 5 heteroatoms. The molecule has 1 aromatic carbocycles. The summed E-state index contributed by atoms with van der Waals surface area (Å²) in [4.78, 5) is 15.8.